The Morgan fingerprint density at radius 3 is 1.25 bits per heavy atom. The number of thiophene rings is 1. The average molecular weight is 720 g/mol. The van der Waals surface area contributed by atoms with Crippen LogP contribution in [0.15, 0.2) is 200 Å². The maximum Gasteiger partial charge on any atom is 0.164 e. The van der Waals surface area contributed by atoms with E-state index in [2.05, 4.69) is 182 Å². The highest BCUT2D eigenvalue weighted by molar-refractivity contribution is 7.25. The lowest BCUT2D eigenvalue weighted by atomic mass is 9.98. The van der Waals surface area contributed by atoms with Crippen LogP contribution in [0.2, 0.25) is 0 Å². The number of hydrogen-bond acceptors (Lipinski definition) is 4. The van der Waals surface area contributed by atoms with E-state index in [1.807, 2.05) is 29.5 Å². The van der Waals surface area contributed by atoms with Gasteiger partial charge in [0.25, 0.3) is 0 Å². The van der Waals surface area contributed by atoms with Gasteiger partial charge in [-0.25, -0.2) is 15.0 Å². The molecule has 10 aromatic rings. The fourth-order valence-electron chi connectivity index (χ4n) is 7.32. The molecule has 0 saturated carbocycles. The summed E-state index contributed by atoms with van der Waals surface area (Å²) >= 11 is 1.85. The number of aromatic nitrogens is 3. The summed E-state index contributed by atoms with van der Waals surface area (Å²) < 4.78 is 2.64. The van der Waals surface area contributed by atoms with Crippen molar-refractivity contribution in [2.75, 3.05) is 0 Å². The predicted molar refractivity (Wildman–Crippen MR) is 231 cm³/mol. The highest BCUT2D eigenvalue weighted by Gasteiger charge is 2.16. The standard InChI is InChI=1S/C51H33N3S/c1-3-11-34(12-4-1)35-23-27-40(28-24-35)49-52-50(54-51(53-49)46-17-8-7-15-43(46)39-13-5-2-6-14-39)41-29-25-37(26-30-41)36-19-21-38(22-20-36)42-31-32-45-44-16-9-10-18-47(44)55-48(45)33-42/h1-33H. The fraction of sp³-hybridized carbons (Fsp3) is 0. The molecule has 258 valence electrons. The summed E-state index contributed by atoms with van der Waals surface area (Å²) in [6, 6.07) is 70.4. The van der Waals surface area contributed by atoms with Gasteiger partial charge in [0, 0.05) is 36.9 Å². The quantitative estimate of drug-likeness (QED) is 0.165. The lowest BCUT2D eigenvalue weighted by molar-refractivity contribution is 1.07. The summed E-state index contributed by atoms with van der Waals surface area (Å²) in [5, 5.41) is 2.65. The second kappa shape index (κ2) is 14.1. The Bertz CT molecular complexity index is 2930. The van der Waals surface area contributed by atoms with Gasteiger partial charge in [-0.05, 0) is 56.6 Å². The van der Waals surface area contributed by atoms with Gasteiger partial charge < -0.3 is 0 Å². The van der Waals surface area contributed by atoms with E-state index >= 15 is 0 Å². The van der Waals surface area contributed by atoms with Gasteiger partial charge in [-0.15, -0.1) is 11.3 Å². The van der Waals surface area contributed by atoms with Gasteiger partial charge >= 0.3 is 0 Å². The zero-order valence-electron chi connectivity index (χ0n) is 29.8. The van der Waals surface area contributed by atoms with Crippen LogP contribution in [0, 0.1) is 0 Å². The lowest BCUT2D eigenvalue weighted by Gasteiger charge is -2.12. The van der Waals surface area contributed by atoms with Crippen molar-refractivity contribution >= 4 is 31.5 Å². The molecule has 0 aliphatic rings. The van der Waals surface area contributed by atoms with Crippen LogP contribution in [0.5, 0.6) is 0 Å². The minimum Gasteiger partial charge on any atom is -0.208 e. The Morgan fingerprint density at radius 2 is 0.655 bits per heavy atom. The Hall–Kier alpha value is -7.01. The van der Waals surface area contributed by atoms with E-state index < -0.39 is 0 Å². The molecule has 0 amide bonds. The molecule has 0 bridgehead atoms. The van der Waals surface area contributed by atoms with Crippen molar-refractivity contribution in [3.05, 3.63) is 200 Å². The van der Waals surface area contributed by atoms with Gasteiger partial charge in [0.15, 0.2) is 17.5 Å². The first-order valence-electron chi connectivity index (χ1n) is 18.4. The molecule has 8 aromatic carbocycles. The van der Waals surface area contributed by atoms with E-state index in [4.69, 9.17) is 15.0 Å². The minimum atomic E-state index is 0.633. The molecule has 0 N–H and O–H groups in total. The molecule has 0 aliphatic carbocycles. The molecule has 0 aliphatic heterocycles. The molecule has 0 radical (unpaired) electrons. The first kappa shape index (κ1) is 32.6. The van der Waals surface area contributed by atoms with Crippen molar-refractivity contribution in [1.29, 1.82) is 0 Å². The van der Waals surface area contributed by atoms with E-state index in [1.165, 1.54) is 36.9 Å². The molecule has 2 heterocycles. The molecule has 55 heavy (non-hydrogen) atoms. The van der Waals surface area contributed by atoms with Gasteiger partial charge in [-0.3, -0.25) is 0 Å². The predicted octanol–water partition coefficient (Wildman–Crippen LogP) is 13.9. The Labute approximate surface area is 323 Å². The summed E-state index contributed by atoms with van der Waals surface area (Å²) in [6.07, 6.45) is 0. The second-order valence-corrected chi connectivity index (χ2v) is 14.7. The van der Waals surface area contributed by atoms with E-state index in [-0.39, 0.29) is 0 Å². The highest BCUT2D eigenvalue weighted by Crippen LogP contribution is 2.37. The van der Waals surface area contributed by atoms with Crippen LogP contribution in [-0.2, 0) is 0 Å². The molecule has 3 nitrogen and oxygen atoms in total. The van der Waals surface area contributed by atoms with Crippen LogP contribution in [0.4, 0.5) is 0 Å². The maximum atomic E-state index is 5.11. The smallest absolute Gasteiger partial charge is 0.164 e. The van der Waals surface area contributed by atoms with Crippen LogP contribution in [0.25, 0.3) is 98.8 Å². The van der Waals surface area contributed by atoms with E-state index in [9.17, 15) is 0 Å². The zero-order chi connectivity index (χ0) is 36.6. The molecular formula is C51H33N3S. The third-order valence-electron chi connectivity index (χ3n) is 10.2. The van der Waals surface area contributed by atoms with Gasteiger partial charge in [-0.2, -0.15) is 0 Å². The zero-order valence-corrected chi connectivity index (χ0v) is 30.6. The summed E-state index contributed by atoms with van der Waals surface area (Å²) in [7, 11) is 0. The Morgan fingerprint density at radius 1 is 0.255 bits per heavy atom. The van der Waals surface area contributed by atoms with Gasteiger partial charge in [0.2, 0.25) is 0 Å². The normalized spacial score (nSPS) is 11.3. The van der Waals surface area contributed by atoms with Gasteiger partial charge in [0.1, 0.15) is 0 Å². The molecule has 0 atom stereocenters. The minimum absolute atomic E-state index is 0.633. The summed E-state index contributed by atoms with van der Waals surface area (Å²) in [4.78, 5) is 15.3. The molecule has 0 spiro atoms. The third-order valence-corrected chi connectivity index (χ3v) is 11.3. The molecule has 0 saturated heterocycles. The van der Waals surface area contributed by atoms with E-state index in [1.54, 1.807) is 0 Å². The maximum absolute atomic E-state index is 5.11. The molecule has 2 aromatic heterocycles. The SMILES string of the molecule is c1ccc(-c2ccc(-c3nc(-c4ccc(-c5ccc(-c6ccc7c(c6)sc6ccccc67)cc5)cc4)nc(-c4ccccc4-c4ccccc4)n3)cc2)cc1. The highest BCUT2D eigenvalue weighted by atomic mass is 32.1. The fourth-order valence-corrected chi connectivity index (χ4v) is 8.46. The van der Waals surface area contributed by atoms with Crippen molar-refractivity contribution in [1.82, 2.24) is 15.0 Å². The number of benzene rings is 8. The van der Waals surface area contributed by atoms with Crippen molar-refractivity contribution in [3.8, 4) is 78.7 Å². The monoisotopic (exact) mass is 719 g/mol. The number of fused-ring (bicyclic) bond motifs is 3. The lowest BCUT2D eigenvalue weighted by Crippen LogP contribution is -2.01. The third kappa shape index (κ3) is 6.39. The number of hydrogen-bond donors (Lipinski definition) is 0. The van der Waals surface area contributed by atoms with Crippen LogP contribution >= 0.6 is 11.3 Å². The van der Waals surface area contributed by atoms with Crippen molar-refractivity contribution in [3.63, 3.8) is 0 Å². The number of rotatable bonds is 7. The Balaban J connectivity index is 0.993. The van der Waals surface area contributed by atoms with Crippen LogP contribution in [0.3, 0.4) is 0 Å². The Kier molecular flexibility index (Phi) is 8.36. The van der Waals surface area contributed by atoms with Crippen LogP contribution in [0.1, 0.15) is 0 Å². The van der Waals surface area contributed by atoms with Crippen molar-refractivity contribution < 1.29 is 0 Å². The number of nitrogens with zero attached hydrogens (tertiary/aromatic N) is 3. The molecule has 10 rings (SSSR count). The van der Waals surface area contributed by atoms with E-state index in [0.717, 1.165) is 44.5 Å². The summed E-state index contributed by atoms with van der Waals surface area (Å²) in [5.41, 5.74) is 12.1. The molecule has 4 heteroatoms. The average Bonchev–Trinajstić information content (AvgIpc) is 3.65. The first-order chi connectivity index (χ1) is 27.2. The second-order valence-electron chi connectivity index (χ2n) is 13.6. The largest absolute Gasteiger partial charge is 0.208 e. The van der Waals surface area contributed by atoms with Crippen LogP contribution in [-0.4, -0.2) is 15.0 Å². The summed E-state index contributed by atoms with van der Waals surface area (Å²) in [5.74, 6) is 1.91. The van der Waals surface area contributed by atoms with Gasteiger partial charge in [0.05, 0.1) is 0 Å². The molecule has 0 unspecified atom stereocenters. The van der Waals surface area contributed by atoms with Crippen molar-refractivity contribution in [2.45, 2.75) is 0 Å². The topological polar surface area (TPSA) is 38.7 Å². The first-order valence-corrected chi connectivity index (χ1v) is 19.2. The molecular weight excluding hydrogens is 687 g/mol. The van der Waals surface area contributed by atoms with Crippen LogP contribution < -0.4 is 0 Å². The summed E-state index contributed by atoms with van der Waals surface area (Å²) in [6.45, 7) is 0. The molecule has 0 fully saturated rings. The van der Waals surface area contributed by atoms with E-state index in [0.29, 0.717) is 17.5 Å². The van der Waals surface area contributed by atoms with Gasteiger partial charge in [-0.1, -0.05) is 188 Å². The van der Waals surface area contributed by atoms with Crippen molar-refractivity contribution in [2.24, 2.45) is 0 Å².